The molecule has 17 heavy (non-hydrogen) atoms. The lowest BCUT2D eigenvalue weighted by Crippen LogP contribution is -2.04. The van der Waals surface area contributed by atoms with Gasteiger partial charge in [-0.25, -0.2) is 4.79 Å². The van der Waals surface area contributed by atoms with E-state index in [1.54, 1.807) is 12.1 Å². The average molecular weight is 297 g/mol. The third-order valence-corrected chi connectivity index (χ3v) is 2.67. The number of ether oxygens (including phenoxy) is 1. The summed E-state index contributed by atoms with van der Waals surface area (Å²) in [6.45, 7) is 0.166. The number of rotatable bonds is 4. The number of benzene rings is 1. The molecule has 0 saturated carbocycles. The molecule has 1 heterocycles. The molecule has 2 N–H and O–H groups in total. The van der Waals surface area contributed by atoms with Crippen molar-refractivity contribution in [1.82, 2.24) is 10.2 Å². The standard InChI is InChI=1S/C11H9BrN2O3/c12-8-1-3-9(4-2-8)17-6-7-5-13-14-10(7)11(15)16/h1-5H,6H2,(H,13,14)(H,15,16). The van der Waals surface area contributed by atoms with Gasteiger partial charge in [-0.2, -0.15) is 5.10 Å². The normalized spacial score (nSPS) is 10.2. The zero-order chi connectivity index (χ0) is 12.3. The summed E-state index contributed by atoms with van der Waals surface area (Å²) < 4.78 is 6.41. The third-order valence-electron chi connectivity index (χ3n) is 2.14. The van der Waals surface area contributed by atoms with Crippen LogP contribution in [0.5, 0.6) is 5.75 Å². The minimum absolute atomic E-state index is 0.0575. The lowest BCUT2D eigenvalue weighted by atomic mass is 10.2. The zero-order valence-corrected chi connectivity index (χ0v) is 10.3. The fourth-order valence-electron chi connectivity index (χ4n) is 1.30. The molecule has 2 rings (SSSR count). The van der Waals surface area contributed by atoms with Gasteiger partial charge in [-0.05, 0) is 24.3 Å². The second kappa shape index (κ2) is 5.01. The van der Waals surface area contributed by atoms with E-state index < -0.39 is 5.97 Å². The number of hydrogen-bond acceptors (Lipinski definition) is 3. The molecule has 2 aromatic rings. The van der Waals surface area contributed by atoms with Crippen molar-refractivity contribution in [2.75, 3.05) is 0 Å². The molecule has 0 fully saturated rings. The summed E-state index contributed by atoms with van der Waals surface area (Å²) >= 11 is 3.32. The molecule has 0 spiro atoms. The first kappa shape index (κ1) is 11.7. The van der Waals surface area contributed by atoms with Crippen LogP contribution in [-0.4, -0.2) is 21.3 Å². The molecule has 1 aromatic carbocycles. The average Bonchev–Trinajstić information content (AvgIpc) is 2.76. The molecule has 88 valence electrons. The molecule has 0 aliphatic heterocycles. The third kappa shape index (κ3) is 2.85. The van der Waals surface area contributed by atoms with Gasteiger partial charge in [0, 0.05) is 10.0 Å². The maximum atomic E-state index is 10.8. The Hall–Kier alpha value is -1.82. The Balaban J connectivity index is 2.05. The molecule has 1 aromatic heterocycles. The smallest absolute Gasteiger partial charge is 0.354 e. The number of carboxylic acids is 1. The molecule has 0 amide bonds. The molecule has 0 atom stereocenters. The molecular weight excluding hydrogens is 288 g/mol. The van der Waals surface area contributed by atoms with Crippen LogP contribution in [-0.2, 0) is 6.61 Å². The number of halogens is 1. The van der Waals surface area contributed by atoms with Gasteiger partial charge in [-0.1, -0.05) is 15.9 Å². The Bertz CT molecular complexity index is 522. The number of aromatic carboxylic acids is 1. The monoisotopic (exact) mass is 296 g/mol. The van der Waals surface area contributed by atoms with E-state index in [9.17, 15) is 4.79 Å². The molecule has 0 aliphatic carbocycles. The summed E-state index contributed by atoms with van der Waals surface area (Å²) in [4.78, 5) is 10.8. The maximum Gasteiger partial charge on any atom is 0.354 e. The van der Waals surface area contributed by atoms with Crippen molar-refractivity contribution in [1.29, 1.82) is 0 Å². The summed E-state index contributed by atoms with van der Waals surface area (Å²) in [6, 6.07) is 7.29. The highest BCUT2D eigenvalue weighted by Crippen LogP contribution is 2.17. The molecule has 5 nitrogen and oxygen atoms in total. The lowest BCUT2D eigenvalue weighted by Gasteiger charge is -2.05. The second-order valence-corrected chi connectivity index (χ2v) is 4.23. The molecule has 6 heteroatoms. The highest BCUT2D eigenvalue weighted by molar-refractivity contribution is 9.10. The van der Waals surface area contributed by atoms with Crippen LogP contribution in [0.3, 0.4) is 0 Å². The molecular formula is C11H9BrN2O3. The van der Waals surface area contributed by atoms with Crippen LogP contribution in [0.15, 0.2) is 34.9 Å². The second-order valence-electron chi connectivity index (χ2n) is 3.32. The first-order chi connectivity index (χ1) is 8.16. The molecule has 0 saturated heterocycles. The van der Waals surface area contributed by atoms with E-state index in [1.165, 1.54) is 6.20 Å². The van der Waals surface area contributed by atoms with Crippen LogP contribution in [0.2, 0.25) is 0 Å². The van der Waals surface area contributed by atoms with Gasteiger partial charge >= 0.3 is 5.97 Å². The summed E-state index contributed by atoms with van der Waals surface area (Å²) in [6.07, 6.45) is 1.45. The SMILES string of the molecule is O=C(O)c1[nH]ncc1COc1ccc(Br)cc1. The van der Waals surface area contributed by atoms with Gasteiger partial charge in [-0.3, -0.25) is 5.10 Å². The largest absolute Gasteiger partial charge is 0.489 e. The molecule has 0 unspecified atom stereocenters. The van der Waals surface area contributed by atoms with Crippen molar-refractivity contribution in [2.45, 2.75) is 6.61 Å². The number of carbonyl (C=O) groups is 1. The van der Waals surface area contributed by atoms with E-state index in [2.05, 4.69) is 26.1 Å². The predicted octanol–water partition coefficient (Wildman–Crippen LogP) is 2.45. The van der Waals surface area contributed by atoms with E-state index in [4.69, 9.17) is 9.84 Å². The van der Waals surface area contributed by atoms with Gasteiger partial charge in [0.15, 0.2) is 0 Å². The van der Waals surface area contributed by atoms with Crippen molar-refractivity contribution in [3.8, 4) is 5.75 Å². The maximum absolute atomic E-state index is 10.8. The fraction of sp³-hybridized carbons (Fsp3) is 0.0909. The van der Waals surface area contributed by atoms with Gasteiger partial charge in [-0.15, -0.1) is 0 Å². The van der Waals surface area contributed by atoms with E-state index >= 15 is 0 Å². The van der Waals surface area contributed by atoms with E-state index in [0.717, 1.165) is 4.47 Å². The Kier molecular flexibility index (Phi) is 3.43. The summed E-state index contributed by atoms with van der Waals surface area (Å²) in [5.74, 6) is -0.373. The van der Waals surface area contributed by atoms with Crippen molar-refractivity contribution in [3.63, 3.8) is 0 Å². The van der Waals surface area contributed by atoms with Gasteiger partial charge < -0.3 is 9.84 Å². The summed E-state index contributed by atoms with van der Waals surface area (Å²) in [7, 11) is 0. The van der Waals surface area contributed by atoms with Crippen molar-refractivity contribution >= 4 is 21.9 Å². The van der Waals surface area contributed by atoms with Crippen LogP contribution >= 0.6 is 15.9 Å². The highest BCUT2D eigenvalue weighted by atomic mass is 79.9. The van der Waals surface area contributed by atoms with Gasteiger partial charge in [0.2, 0.25) is 0 Å². The van der Waals surface area contributed by atoms with Crippen molar-refractivity contribution < 1.29 is 14.6 Å². The minimum Gasteiger partial charge on any atom is -0.489 e. The number of nitrogens with zero attached hydrogens (tertiary/aromatic N) is 1. The van der Waals surface area contributed by atoms with Gasteiger partial charge in [0.05, 0.1) is 6.20 Å². The predicted molar refractivity (Wildman–Crippen MR) is 64.0 cm³/mol. The number of nitrogens with one attached hydrogen (secondary N) is 1. The minimum atomic E-state index is -1.04. The molecule has 0 aliphatic rings. The number of aromatic nitrogens is 2. The topological polar surface area (TPSA) is 75.2 Å². The molecule has 0 bridgehead atoms. The van der Waals surface area contributed by atoms with Crippen molar-refractivity contribution in [3.05, 3.63) is 46.2 Å². The Morgan fingerprint density at radius 1 is 1.41 bits per heavy atom. The number of H-pyrrole nitrogens is 1. The fourth-order valence-corrected chi connectivity index (χ4v) is 1.56. The number of hydrogen-bond donors (Lipinski definition) is 2. The lowest BCUT2D eigenvalue weighted by molar-refractivity contribution is 0.0687. The first-order valence-corrected chi connectivity index (χ1v) is 5.60. The zero-order valence-electron chi connectivity index (χ0n) is 8.68. The van der Waals surface area contributed by atoms with E-state index in [1.807, 2.05) is 12.1 Å². The summed E-state index contributed by atoms with van der Waals surface area (Å²) in [5, 5.41) is 14.9. The van der Waals surface area contributed by atoms with Crippen LogP contribution in [0, 0.1) is 0 Å². The highest BCUT2D eigenvalue weighted by Gasteiger charge is 2.12. The Labute approximate surface area is 106 Å². The van der Waals surface area contributed by atoms with Gasteiger partial charge in [0.1, 0.15) is 18.1 Å². The number of aromatic amines is 1. The van der Waals surface area contributed by atoms with Crippen LogP contribution in [0.1, 0.15) is 16.1 Å². The summed E-state index contributed by atoms with van der Waals surface area (Å²) in [5.41, 5.74) is 0.572. The van der Waals surface area contributed by atoms with Crippen LogP contribution in [0.4, 0.5) is 0 Å². The quantitative estimate of drug-likeness (QED) is 0.909. The first-order valence-electron chi connectivity index (χ1n) is 4.80. The van der Waals surface area contributed by atoms with Crippen molar-refractivity contribution in [2.24, 2.45) is 0 Å². The van der Waals surface area contributed by atoms with E-state index in [0.29, 0.717) is 11.3 Å². The van der Waals surface area contributed by atoms with Crippen LogP contribution < -0.4 is 4.74 Å². The Morgan fingerprint density at radius 2 is 2.12 bits per heavy atom. The number of carboxylic acid groups (broad SMARTS) is 1. The molecule has 0 radical (unpaired) electrons. The van der Waals surface area contributed by atoms with E-state index in [-0.39, 0.29) is 12.3 Å². The Morgan fingerprint density at radius 3 is 2.76 bits per heavy atom. The van der Waals surface area contributed by atoms with Gasteiger partial charge in [0.25, 0.3) is 0 Å². The van der Waals surface area contributed by atoms with Crippen LogP contribution in [0.25, 0.3) is 0 Å².